The van der Waals surface area contributed by atoms with Crippen LogP contribution in [0.2, 0.25) is 0 Å². The quantitative estimate of drug-likeness (QED) is 0.00984. The van der Waals surface area contributed by atoms with Gasteiger partial charge in [0.15, 0.2) is 0 Å². The summed E-state index contributed by atoms with van der Waals surface area (Å²) in [5, 5.41) is 20.9. The number of unbranched alkanes of at least 4 members (excludes halogenated alkanes) is 36. The Kier molecular flexibility index (Phi) is 25.6. The fraction of sp³-hybridized carbons (Fsp3) is 0.571. The van der Waals surface area contributed by atoms with E-state index >= 15 is 9.59 Å². The minimum atomic E-state index is -0.358. The van der Waals surface area contributed by atoms with E-state index in [1.54, 1.807) is 14.9 Å². The van der Waals surface area contributed by atoms with Gasteiger partial charge in [-0.15, -0.1) is 0 Å². The average Bonchev–Trinajstić information content (AvgIpc) is 1.05. The minimum Gasteiger partial charge on any atom is -0.398 e. The maximum Gasteiger partial charge on any atom is 0.278 e. The molecule has 0 radical (unpaired) electrons. The van der Waals surface area contributed by atoms with Crippen LogP contribution in [0.25, 0.3) is 98.0 Å². The lowest BCUT2D eigenvalue weighted by Crippen LogP contribution is -2.25. The Morgan fingerprint density at radius 1 is 0.354 bits per heavy atom. The number of nitrogens with two attached hydrogens (primary N) is 1. The monoisotopic (exact) mass is 1300 g/mol. The number of fused-ring (bicyclic) bond motifs is 10. The van der Waals surface area contributed by atoms with E-state index in [1.807, 2.05) is 30.3 Å². The van der Waals surface area contributed by atoms with Gasteiger partial charge in [0, 0.05) is 87.0 Å². The number of rotatable bonds is 47. The number of nitro benzene ring substituents is 1. The van der Waals surface area contributed by atoms with Crippen molar-refractivity contribution in [2.24, 2.45) is 0 Å². The van der Waals surface area contributed by atoms with Crippen LogP contribution in [0.4, 0.5) is 22.7 Å². The Labute approximate surface area is 571 Å². The molecule has 12 heteroatoms. The predicted octanol–water partition coefficient (Wildman–Crippen LogP) is 24.0. The Bertz CT molecular complexity index is 4370. The maximum absolute atomic E-state index is 15.3. The Balaban J connectivity index is 0.915. The van der Waals surface area contributed by atoms with Gasteiger partial charge in [-0.1, -0.05) is 271 Å². The van der Waals surface area contributed by atoms with Crippen molar-refractivity contribution in [1.29, 1.82) is 0 Å². The lowest BCUT2D eigenvalue weighted by molar-refractivity contribution is -0.382. The number of hydrogen-bond donors (Lipinski definition) is 1. The molecule has 11 rings (SSSR count). The number of hydrogen-bond acceptors (Lipinski definition) is 9. The first-order valence-corrected chi connectivity index (χ1v) is 39.0. The Hall–Kier alpha value is -7.08. The van der Waals surface area contributed by atoms with Crippen molar-refractivity contribution in [2.75, 3.05) is 41.7 Å². The normalized spacial score (nSPS) is 12.3. The van der Waals surface area contributed by atoms with Gasteiger partial charge in [-0.05, 0) is 91.1 Å². The third-order valence-electron chi connectivity index (χ3n) is 21.8. The van der Waals surface area contributed by atoms with Crippen LogP contribution in [0.15, 0.2) is 82.4 Å². The zero-order valence-electron chi connectivity index (χ0n) is 59.4. The number of imidazole rings is 2. The van der Waals surface area contributed by atoms with Crippen LogP contribution in [0.3, 0.4) is 0 Å². The summed E-state index contributed by atoms with van der Waals surface area (Å²) < 4.78 is 3.41. The van der Waals surface area contributed by atoms with Gasteiger partial charge < -0.3 is 15.5 Å². The zero-order chi connectivity index (χ0) is 66.8. The van der Waals surface area contributed by atoms with E-state index in [-0.39, 0.29) is 27.1 Å². The van der Waals surface area contributed by atoms with Crippen LogP contribution in [0.1, 0.15) is 285 Å². The highest BCUT2D eigenvalue weighted by Gasteiger charge is 2.30. The highest BCUT2D eigenvalue weighted by molar-refractivity contribution is 6.43. The molecule has 96 heavy (non-hydrogen) atoms. The zero-order valence-corrected chi connectivity index (χ0v) is 59.4. The molecule has 0 unspecified atom stereocenters. The minimum absolute atomic E-state index is 0.166. The first-order chi connectivity index (χ1) is 47.2. The summed E-state index contributed by atoms with van der Waals surface area (Å²) >= 11 is 0. The smallest absolute Gasteiger partial charge is 0.278 e. The van der Waals surface area contributed by atoms with E-state index in [1.165, 1.54) is 237 Å². The number of non-ortho nitro benzene ring substituents is 1. The van der Waals surface area contributed by atoms with Crippen LogP contribution in [-0.4, -0.2) is 49.9 Å². The van der Waals surface area contributed by atoms with Crippen molar-refractivity contribution in [3.05, 3.63) is 104 Å². The molecule has 2 N–H and O–H groups in total. The summed E-state index contributed by atoms with van der Waals surface area (Å²) in [6.45, 7) is 13.0. The summed E-state index contributed by atoms with van der Waals surface area (Å²) in [5.41, 5.74) is 13.2. The molecule has 0 spiro atoms. The molecule has 11 aromatic rings. The van der Waals surface area contributed by atoms with E-state index in [0.717, 1.165) is 90.6 Å². The summed E-state index contributed by atoms with van der Waals surface area (Å²) in [4.78, 5) is 59.7. The number of benzene rings is 7. The van der Waals surface area contributed by atoms with Crippen LogP contribution in [-0.2, 0) is 0 Å². The number of pyridine rings is 2. The van der Waals surface area contributed by atoms with E-state index in [0.29, 0.717) is 71.0 Å². The van der Waals surface area contributed by atoms with E-state index in [4.69, 9.17) is 15.7 Å². The van der Waals surface area contributed by atoms with Crippen LogP contribution in [0, 0.1) is 10.1 Å². The van der Waals surface area contributed by atoms with Crippen molar-refractivity contribution in [3.8, 4) is 0 Å². The largest absolute Gasteiger partial charge is 0.398 e. The first kappa shape index (κ1) is 70.2. The second-order valence-electron chi connectivity index (χ2n) is 29.0. The van der Waals surface area contributed by atoms with Gasteiger partial charge in [0.1, 0.15) is 11.3 Å². The number of nitrogen functional groups attached to an aromatic ring is 1. The number of nitrogens with zero attached hydrogens (tertiary/aromatic N) is 7. The van der Waals surface area contributed by atoms with E-state index in [9.17, 15) is 10.1 Å². The Morgan fingerprint density at radius 3 is 1.00 bits per heavy atom. The Morgan fingerprint density at radius 2 is 0.656 bits per heavy atom. The molecule has 0 saturated carbocycles. The third-order valence-corrected chi connectivity index (χ3v) is 21.8. The van der Waals surface area contributed by atoms with E-state index < -0.39 is 0 Å². The molecule has 0 fully saturated rings. The SMILES string of the molecule is CCCCCCCCCCCCN(CCCCCCCCCCCC)c1ccc2c(c1)nc1c3ccc4c5c([N+](=O)[O-])cc6c(=O)n7c8ccc(N(CCCCCCCCCCCC)CCCCCCCCCCCC)cc8nc7c7ccc(c8c(N)cc(c(=O)n21)c3c48)c5c67. The summed E-state index contributed by atoms with van der Waals surface area (Å²) in [5.74, 6) is 0. The van der Waals surface area contributed by atoms with Gasteiger partial charge in [-0.25, -0.2) is 9.97 Å². The molecular weight excluding hydrogens is 1180 g/mol. The molecule has 0 aliphatic carbocycles. The predicted molar refractivity (Wildman–Crippen MR) is 413 cm³/mol. The lowest BCUT2D eigenvalue weighted by atomic mass is 9.84. The van der Waals surface area contributed by atoms with Gasteiger partial charge in [0.2, 0.25) is 0 Å². The second kappa shape index (κ2) is 34.9. The number of nitro groups is 1. The van der Waals surface area contributed by atoms with Crippen molar-refractivity contribution in [1.82, 2.24) is 18.8 Å². The van der Waals surface area contributed by atoms with E-state index in [2.05, 4.69) is 67.8 Å². The molecule has 4 aromatic heterocycles. The number of aromatic nitrogens is 4. The fourth-order valence-corrected chi connectivity index (χ4v) is 16.4. The van der Waals surface area contributed by atoms with Gasteiger partial charge in [-0.2, -0.15) is 0 Å². The molecule has 514 valence electrons. The molecule has 7 aromatic carbocycles. The topological polar surface area (TPSA) is 144 Å². The molecule has 0 aliphatic heterocycles. The summed E-state index contributed by atoms with van der Waals surface area (Å²) in [6.07, 6.45) is 51.8. The average molecular weight is 1300 g/mol. The molecule has 12 nitrogen and oxygen atoms in total. The molecule has 0 aliphatic rings. The lowest BCUT2D eigenvalue weighted by Gasteiger charge is -2.25. The van der Waals surface area contributed by atoms with Gasteiger partial charge in [-0.3, -0.25) is 28.5 Å². The van der Waals surface area contributed by atoms with Crippen LogP contribution >= 0.6 is 0 Å². The summed E-state index contributed by atoms with van der Waals surface area (Å²) in [6, 6.07) is 24.0. The highest BCUT2D eigenvalue weighted by Crippen LogP contribution is 2.50. The molecule has 0 bridgehead atoms. The van der Waals surface area contributed by atoms with Crippen LogP contribution < -0.4 is 26.7 Å². The molecule has 4 heterocycles. The molecule has 0 amide bonds. The van der Waals surface area contributed by atoms with Crippen molar-refractivity contribution in [3.63, 3.8) is 0 Å². The number of anilines is 3. The maximum atomic E-state index is 15.3. The van der Waals surface area contributed by atoms with Crippen LogP contribution in [0.5, 0.6) is 0 Å². The van der Waals surface area contributed by atoms with Crippen molar-refractivity contribution in [2.45, 2.75) is 285 Å². The highest BCUT2D eigenvalue weighted by atomic mass is 16.6. The fourth-order valence-electron chi connectivity index (χ4n) is 16.4. The van der Waals surface area contributed by atoms with Crippen molar-refractivity contribution >= 4 is 121 Å². The van der Waals surface area contributed by atoms with Gasteiger partial charge in [0.25, 0.3) is 16.8 Å². The van der Waals surface area contributed by atoms with Crippen molar-refractivity contribution < 1.29 is 4.92 Å². The third kappa shape index (κ3) is 15.9. The first-order valence-electron chi connectivity index (χ1n) is 39.0. The molecule has 0 saturated heterocycles. The summed E-state index contributed by atoms with van der Waals surface area (Å²) in [7, 11) is 0. The molecule has 0 atom stereocenters. The van der Waals surface area contributed by atoms with Gasteiger partial charge in [0.05, 0.1) is 43.1 Å². The standard InChI is InChI=1S/C84H114N8O4/c1-5-9-13-17-21-25-29-33-37-41-53-88(54-42-38-34-30-26-22-18-14-10-6-2)61-45-51-72-70(57-61)86-81-65-50-48-64-78-74(92(95)96)60-68-76-66(49-47-63(80(76)78)77-69(85)59-67(75(65)79(64)77)83(93)90(72)81)82-87-71-58-62(46-52-73(71)91(82)84(68)94)89(55-43-39-35-31-27-23-19-15-11-7-3)56-44-40-36-32-28-24-20-16-12-8-4/h45-52,57-60H,5-44,53-56,85H2,1-4H3. The second-order valence-corrected chi connectivity index (χ2v) is 29.0. The molecular formula is C84H114N8O4. The van der Waals surface area contributed by atoms with Gasteiger partial charge >= 0.3 is 0 Å².